The average molecular weight is 155 g/mol. The van der Waals surface area contributed by atoms with Crippen molar-refractivity contribution in [1.82, 2.24) is 4.90 Å². The maximum absolute atomic E-state index is 10.1. The van der Waals surface area contributed by atoms with E-state index < -0.39 is 5.97 Å². The van der Waals surface area contributed by atoms with Crippen LogP contribution in [0, 0.1) is 0 Å². The molecule has 0 aliphatic carbocycles. The van der Waals surface area contributed by atoms with Crippen LogP contribution < -0.4 is 0 Å². The molecule has 0 radical (unpaired) electrons. The van der Waals surface area contributed by atoms with Crippen LogP contribution in [0.15, 0.2) is 12.2 Å². The number of carbonyl (C=O) groups is 1. The summed E-state index contributed by atoms with van der Waals surface area (Å²) < 4.78 is 0. The molecule has 1 fully saturated rings. The molecule has 0 saturated carbocycles. The predicted octanol–water partition coefficient (Wildman–Crippen LogP) is 0.721. The number of rotatable bonds is 3. The second-order valence-corrected chi connectivity index (χ2v) is 2.83. The van der Waals surface area contributed by atoms with Crippen molar-refractivity contribution in [3.05, 3.63) is 12.2 Å². The summed E-state index contributed by atoms with van der Waals surface area (Å²) in [5.74, 6) is -0.864. The molecule has 11 heavy (non-hydrogen) atoms. The maximum Gasteiger partial charge on any atom is 0.328 e. The SMILES string of the molecule is C[C@@H](/C=C/C(=O)O)N1CCC1. The number of carboxylic acid groups (broad SMARTS) is 1. The molecule has 0 aromatic heterocycles. The first kappa shape index (κ1) is 8.27. The average Bonchev–Trinajstić information content (AvgIpc) is 1.79. The van der Waals surface area contributed by atoms with Crippen LogP contribution in [0.5, 0.6) is 0 Å². The van der Waals surface area contributed by atoms with Crippen LogP contribution in [0.25, 0.3) is 0 Å². The van der Waals surface area contributed by atoms with E-state index in [1.54, 1.807) is 6.08 Å². The molecule has 0 unspecified atom stereocenters. The fourth-order valence-electron chi connectivity index (χ4n) is 1.09. The molecule has 62 valence electrons. The van der Waals surface area contributed by atoms with Gasteiger partial charge in [-0.1, -0.05) is 6.08 Å². The Balaban J connectivity index is 2.29. The molecule has 0 amide bonds. The minimum Gasteiger partial charge on any atom is -0.478 e. The Morgan fingerprint density at radius 3 is 2.64 bits per heavy atom. The minimum absolute atomic E-state index is 0.278. The van der Waals surface area contributed by atoms with Crippen molar-refractivity contribution < 1.29 is 9.90 Å². The first-order valence-corrected chi connectivity index (χ1v) is 3.85. The third kappa shape index (κ3) is 2.35. The lowest BCUT2D eigenvalue weighted by Gasteiger charge is -2.34. The number of hydrogen-bond acceptors (Lipinski definition) is 2. The fraction of sp³-hybridized carbons (Fsp3) is 0.625. The summed E-state index contributed by atoms with van der Waals surface area (Å²) >= 11 is 0. The van der Waals surface area contributed by atoms with Gasteiger partial charge in [0.25, 0.3) is 0 Å². The molecule has 1 saturated heterocycles. The molecule has 1 aliphatic heterocycles. The second kappa shape index (κ2) is 3.53. The highest BCUT2D eigenvalue weighted by Gasteiger charge is 2.17. The van der Waals surface area contributed by atoms with Gasteiger partial charge in [0.2, 0.25) is 0 Å². The van der Waals surface area contributed by atoms with Crippen molar-refractivity contribution in [2.75, 3.05) is 13.1 Å². The Morgan fingerprint density at radius 1 is 1.64 bits per heavy atom. The maximum atomic E-state index is 10.1. The number of nitrogens with zero attached hydrogens (tertiary/aromatic N) is 1. The monoisotopic (exact) mass is 155 g/mol. The van der Waals surface area contributed by atoms with Crippen LogP contribution in [-0.4, -0.2) is 35.1 Å². The first-order valence-electron chi connectivity index (χ1n) is 3.85. The van der Waals surface area contributed by atoms with Gasteiger partial charge >= 0.3 is 5.97 Å². The van der Waals surface area contributed by atoms with Gasteiger partial charge in [-0.3, -0.25) is 4.90 Å². The highest BCUT2D eigenvalue weighted by atomic mass is 16.4. The largest absolute Gasteiger partial charge is 0.478 e. The van der Waals surface area contributed by atoms with Crippen LogP contribution in [0.3, 0.4) is 0 Å². The molecule has 1 N–H and O–H groups in total. The number of likely N-dealkylation sites (tertiary alicyclic amines) is 1. The highest BCUT2D eigenvalue weighted by Crippen LogP contribution is 2.11. The number of carboxylic acids is 1. The first-order chi connectivity index (χ1) is 5.20. The van der Waals surface area contributed by atoms with Crippen molar-refractivity contribution in [3.8, 4) is 0 Å². The summed E-state index contributed by atoms with van der Waals surface area (Å²) in [6.07, 6.45) is 4.18. The van der Waals surface area contributed by atoms with E-state index >= 15 is 0 Å². The summed E-state index contributed by atoms with van der Waals surface area (Å²) in [4.78, 5) is 12.4. The van der Waals surface area contributed by atoms with Crippen molar-refractivity contribution >= 4 is 5.97 Å². The van der Waals surface area contributed by atoms with E-state index in [1.165, 1.54) is 12.5 Å². The Bertz CT molecular complexity index is 173. The Hall–Kier alpha value is -0.830. The van der Waals surface area contributed by atoms with E-state index in [-0.39, 0.29) is 6.04 Å². The van der Waals surface area contributed by atoms with Gasteiger partial charge in [0.15, 0.2) is 0 Å². The molecule has 0 bridgehead atoms. The zero-order valence-electron chi connectivity index (χ0n) is 6.66. The smallest absolute Gasteiger partial charge is 0.328 e. The van der Waals surface area contributed by atoms with E-state index in [1.807, 2.05) is 6.92 Å². The van der Waals surface area contributed by atoms with Gasteiger partial charge in [0, 0.05) is 12.1 Å². The predicted molar refractivity (Wildman–Crippen MR) is 42.4 cm³/mol. The standard InChI is InChI=1S/C8H13NO2/c1-7(3-4-8(10)11)9-5-2-6-9/h3-4,7H,2,5-6H2,1H3,(H,10,11)/b4-3+/t7-/m0/s1. The van der Waals surface area contributed by atoms with Crippen molar-refractivity contribution in [3.63, 3.8) is 0 Å². The lowest BCUT2D eigenvalue weighted by Crippen LogP contribution is -2.42. The van der Waals surface area contributed by atoms with Crippen LogP contribution in [0.1, 0.15) is 13.3 Å². The Kier molecular flexibility index (Phi) is 2.65. The van der Waals surface area contributed by atoms with E-state index in [0.29, 0.717) is 0 Å². The summed E-state index contributed by atoms with van der Waals surface area (Å²) in [6.45, 7) is 4.22. The molecule has 0 aromatic rings. The van der Waals surface area contributed by atoms with E-state index in [2.05, 4.69) is 4.90 Å². The number of aliphatic carboxylic acids is 1. The van der Waals surface area contributed by atoms with Crippen molar-refractivity contribution in [1.29, 1.82) is 0 Å². The zero-order valence-corrected chi connectivity index (χ0v) is 6.66. The van der Waals surface area contributed by atoms with Gasteiger partial charge in [-0.15, -0.1) is 0 Å². The lowest BCUT2D eigenvalue weighted by atomic mass is 10.1. The Morgan fingerprint density at radius 2 is 2.27 bits per heavy atom. The zero-order chi connectivity index (χ0) is 8.27. The van der Waals surface area contributed by atoms with Crippen LogP contribution in [-0.2, 0) is 4.79 Å². The summed E-state index contributed by atoms with van der Waals surface area (Å²) in [7, 11) is 0. The fourth-order valence-corrected chi connectivity index (χ4v) is 1.09. The van der Waals surface area contributed by atoms with Gasteiger partial charge in [-0.25, -0.2) is 4.79 Å². The van der Waals surface area contributed by atoms with Crippen LogP contribution >= 0.6 is 0 Å². The molecular formula is C8H13NO2. The molecule has 1 atom stereocenters. The number of hydrogen-bond donors (Lipinski definition) is 1. The van der Waals surface area contributed by atoms with Crippen molar-refractivity contribution in [2.45, 2.75) is 19.4 Å². The molecule has 0 spiro atoms. The highest BCUT2D eigenvalue weighted by molar-refractivity contribution is 5.79. The molecule has 3 nitrogen and oxygen atoms in total. The van der Waals surface area contributed by atoms with Crippen LogP contribution in [0.4, 0.5) is 0 Å². The normalized spacial score (nSPS) is 21.5. The van der Waals surface area contributed by atoms with E-state index in [4.69, 9.17) is 5.11 Å². The van der Waals surface area contributed by atoms with Gasteiger partial charge in [-0.05, 0) is 26.4 Å². The third-order valence-corrected chi connectivity index (χ3v) is 1.98. The summed E-state index contributed by atoms with van der Waals surface area (Å²) in [5.41, 5.74) is 0. The Labute approximate surface area is 66.3 Å². The molecular weight excluding hydrogens is 142 g/mol. The second-order valence-electron chi connectivity index (χ2n) is 2.83. The van der Waals surface area contributed by atoms with Crippen LogP contribution in [0.2, 0.25) is 0 Å². The van der Waals surface area contributed by atoms with Gasteiger partial charge in [-0.2, -0.15) is 0 Å². The van der Waals surface area contributed by atoms with Gasteiger partial charge in [0.1, 0.15) is 0 Å². The quantitative estimate of drug-likeness (QED) is 0.610. The van der Waals surface area contributed by atoms with E-state index in [0.717, 1.165) is 13.1 Å². The topological polar surface area (TPSA) is 40.5 Å². The third-order valence-electron chi connectivity index (χ3n) is 1.98. The molecule has 1 heterocycles. The minimum atomic E-state index is -0.864. The van der Waals surface area contributed by atoms with E-state index in [9.17, 15) is 4.79 Å². The van der Waals surface area contributed by atoms with Crippen molar-refractivity contribution in [2.24, 2.45) is 0 Å². The van der Waals surface area contributed by atoms with Gasteiger partial charge < -0.3 is 5.11 Å². The summed E-state index contributed by atoms with van der Waals surface area (Å²) in [6, 6.07) is 0.278. The molecule has 0 aromatic carbocycles. The van der Waals surface area contributed by atoms with Gasteiger partial charge in [0.05, 0.1) is 0 Å². The molecule has 1 aliphatic rings. The summed E-state index contributed by atoms with van der Waals surface area (Å²) in [5, 5.41) is 8.33. The lowest BCUT2D eigenvalue weighted by molar-refractivity contribution is -0.131. The molecule has 3 heteroatoms. The molecule has 1 rings (SSSR count).